The van der Waals surface area contributed by atoms with Gasteiger partial charge in [-0.05, 0) is 29.7 Å². The van der Waals surface area contributed by atoms with E-state index in [9.17, 15) is 4.79 Å². The number of rotatable bonds is 3. The van der Waals surface area contributed by atoms with Gasteiger partial charge in [-0.1, -0.05) is 48.0 Å². The Hall–Kier alpha value is -3.64. The molecule has 0 saturated carbocycles. The number of fused-ring (bicyclic) bond motifs is 2. The first kappa shape index (κ1) is 16.5. The average molecular weight is 389 g/mol. The van der Waals surface area contributed by atoms with Crippen molar-refractivity contribution < 1.29 is 4.74 Å². The standard InChI is InChI=1S/C21H13ClN4O2/c22-16-12-17-15(20(27)25-21(24-17)26-10-4-9-23-26)11-19(16)28-18-8-3-6-13-5-1-2-7-14(13)18/h1-12H,(H,24,25,27). The second kappa shape index (κ2) is 6.51. The molecule has 0 aliphatic rings. The lowest BCUT2D eigenvalue weighted by Crippen LogP contribution is -2.13. The summed E-state index contributed by atoms with van der Waals surface area (Å²) < 4.78 is 7.54. The number of nitrogens with zero attached hydrogens (tertiary/aromatic N) is 3. The van der Waals surface area contributed by atoms with Crippen molar-refractivity contribution >= 4 is 33.3 Å². The number of halogens is 1. The van der Waals surface area contributed by atoms with Gasteiger partial charge in [-0.3, -0.25) is 9.78 Å². The zero-order valence-electron chi connectivity index (χ0n) is 14.5. The number of aromatic nitrogens is 4. The first-order valence-corrected chi connectivity index (χ1v) is 8.96. The fourth-order valence-electron chi connectivity index (χ4n) is 3.11. The summed E-state index contributed by atoms with van der Waals surface area (Å²) in [6.07, 6.45) is 3.31. The largest absolute Gasteiger partial charge is 0.455 e. The normalized spacial score (nSPS) is 11.2. The molecule has 2 heterocycles. The lowest BCUT2D eigenvalue weighted by Gasteiger charge is -2.11. The maximum absolute atomic E-state index is 12.6. The van der Waals surface area contributed by atoms with Crippen LogP contribution in [0.15, 0.2) is 77.9 Å². The summed E-state index contributed by atoms with van der Waals surface area (Å²) in [5.74, 6) is 1.38. The number of hydrogen-bond acceptors (Lipinski definition) is 4. The van der Waals surface area contributed by atoms with E-state index < -0.39 is 0 Å². The van der Waals surface area contributed by atoms with Crippen molar-refractivity contribution in [2.45, 2.75) is 0 Å². The van der Waals surface area contributed by atoms with E-state index in [0.29, 0.717) is 33.4 Å². The molecule has 6 nitrogen and oxygen atoms in total. The monoisotopic (exact) mass is 388 g/mol. The van der Waals surface area contributed by atoms with Crippen LogP contribution in [0.5, 0.6) is 11.5 Å². The van der Waals surface area contributed by atoms with Gasteiger partial charge >= 0.3 is 0 Å². The summed E-state index contributed by atoms with van der Waals surface area (Å²) in [4.78, 5) is 19.8. The Morgan fingerprint density at radius 1 is 0.964 bits per heavy atom. The van der Waals surface area contributed by atoms with Crippen LogP contribution in [0.3, 0.4) is 0 Å². The van der Waals surface area contributed by atoms with Crippen LogP contribution >= 0.6 is 11.6 Å². The Bertz CT molecular complexity index is 1370. The van der Waals surface area contributed by atoms with Crippen LogP contribution in [0.25, 0.3) is 27.6 Å². The van der Waals surface area contributed by atoms with E-state index in [4.69, 9.17) is 16.3 Å². The second-order valence-corrected chi connectivity index (χ2v) is 6.63. The minimum atomic E-state index is -0.296. The number of nitrogens with one attached hydrogen (secondary N) is 1. The molecular formula is C21H13ClN4O2. The van der Waals surface area contributed by atoms with E-state index in [1.807, 2.05) is 42.5 Å². The zero-order chi connectivity index (χ0) is 19.1. The summed E-state index contributed by atoms with van der Waals surface area (Å²) in [6.45, 7) is 0. The van der Waals surface area contributed by atoms with Gasteiger partial charge in [-0.15, -0.1) is 0 Å². The molecule has 0 atom stereocenters. The summed E-state index contributed by atoms with van der Waals surface area (Å²) in [7, 11) is 0. The number of benzene rings is 3. The van der Waals surface area contributed by atoms with Gasteiger partial charge < -0.3 is 4.74 Å². The topological polar surface area (TPSA) is 72.8 Å². The predicted octanol–water partition coefficient (Wildman–Crippen LogP) is 4.71. The third-order valence-corrected chi connectivity index (χ3v) is 4.73. The van der Waals surface area contributed by atoms with Gasteiger partial charge in [0.1, 0.15) is 11.5 Å². The summed E-state index contributed by atoms with van der Waals surface area (Å²) in [5, 5.41) is 6.85. The van der Waals surface area contributed by atoms with Crippen molar-refractivity contribution in [1.82, 2.24) is 19.7 Å². The van der Waals surface area contributed by atoms with E-state index >= 15 is 0 Å². The van der Waals surface area contributed by atoms with Gasteiger partial charge in [0, 0.05) is 17.8 Å². The number of ether oxygens (including phenoxy) is 1. The fraction of sp³-hybridized carbons (Fsp3) is 0. The Kier molecular flexibility index (Phi) is 3.84. The predicted molar refractivity (Wildman–Crippen MR) is 109 cm³/mol. The molecule has 136 valence electrons. The van der Waals surface area contributed by atoms with Crippen molar-refractivity contribution in [3.8, 4) is 17.4 Å². The lowest BCUT2D eigenvalue weighted by molar-refractivity contribution is 0.489. The van der Waals surface area contributed by atoms with Crippen LogP contribution < -0.4 is 10.3 Å². The smallest absolute Gasteiger partial charge is 0.260 e. The molecular weight excluding hydrogens is 376 g/mol. The summed E-state index contributed by atoms with van der Waals surface area (Å²) >= 11 is 6.43. The molecule has 3 aromatic carbocycles. The van der Waals surface area contributed by atoms with Crippen LogP contribution in [0, 0.1) is 0 Å². The maximum Gasteiger partial charge on any atom is 0.260 e. The number of H-pyrrole nitrogens is 1. The summed E-state index contributed by atoms with van der Waals surface area (Å²) in [5.41, 5.74) is 0.166. The van der Waals surface area contributed by atoms with E-state index in [1.54, 1.807) is 30.6 Å². The van der Waals surface area contributed by atoms with Crippen LogP contribution in [0.1, 0.15) is 0 Å². The quantitative estimate of drug-likeness (QED) is 0.486. The molecule has 28 heavy (non-hydrogen) atoms. The van der Waals surface area contributed by atoms with Crippen LogP contribution in [0.4, 0.5) is 0 Å². The zero-order valence-corrected chi connectivity index (χ0v) is 15.2. The highest BCUT2D eigenvalue weighted by Crippen LogP contribution is 2.35. The second-order valence-electron chi connectivity index (χ2n) is 6.22. The fourth-order valence-corrected chi connectivity index (χ4v) is 3.31. The molecule has 7 heteroatoms. The number of hydrogen-bond donors (Lipinski definition) is 1. The van der Waals surface area contributed by atoms with Crippen molar-refractivity contribution in [1.29, 1.82) is 0 Å². The highest BCUT2D eigenvalue weighted by Gasteiger charge is 2.12. The minimum Gasteiger partial charge on any atom is -0.455 e. The molecule has 0 aliphatic carbocycles. The maximum atomic E-state index is 12.6. The molecule has 1 N–H and O–H groups in total. The van der Waals surface area contributed by atoms with Gasteiger partial charge in [0.15, 0.2) is 0 Å². The van der Waals surface area contributed by atoms with Crippen LogP contribution in [0.2, 0.25) is 5.02 Å². The molecule has 0 radical (unpaired) electrons. The Balaban J connectivity index is 1.62. The van der Waals surface area contributed by atoms with E-state index in [2.05, 4.69) is 15.1 Å². The molecule has 2 aromatic heterocycles. The van der Waals surface area contributed by atoms with Crippen molar-refractivity contribution in [2.24, 2.45) is 0 Å². The van der Waals surface area contributed by atoms with Crippen LogP contribution in [-0.2, 0) is 0 Å². The van der Waals surface area contributed by atoms with Gasteiger partial charge in [0.2, 0.25) is 5.95 Å². The van der Waals surface area contributed by atoms with Gasteiger partial charge in [-0.25, -0.2) is 9.67 Å². The molecule has 0 saturated heterocycles. The van der Waals surface area contributed by atoms with E-state index in [0.717, 1.165) is 10.8 Å². The third-order valence-electron chi connectivity index (χ3n) is 4.44. The first-order valence-electron chi connectivity index (χ1n) is 8.58. The lowest BCUT2D eigenvalue weighted by atomic mass is 10.1. The average Bonchev–Trinajstić information content (AvgIpc) is 3.24. The molecule has 0 unspecified atom stereocenters. The Morgan fingerprint density at radius 3 is 2.68 bits per heavy atom. The third kappa shape index (κ3) is 2.80. The highest BCUT2D eigenvalue weighted by molar-refractivity contribution is 6.32. The molecule has 0 spiro atoms. The van der Waals surface area contributed by atoms with Gasteiger partial charge in [0.05, 0.1) is 15.9 Å². The minimum absolute atomic E-state index is 0.296. The van der Waals surface area contributed by atoms with Crippen LogP contribution in [-0.4, -0.2) is 19.7 Å². The molecule has 0 amide bonds. The Labute approximate surface area is 164 Å². The molecule has 5 rings (SSSR count). The van der Waals surface area contributed by atoms with E-state index in [-0.39, 0.29) is 5.56 Å². The molecule has 5 aromatic rings. The molecule has 0 bridgehead atoms. The Morgan fingerprint density at radius 2 is 1.82 bits per heavy atom. The molecule has 0 fully saturated rings. The van der Waals surface area contributed by atoms with Gasteiger partial charge in [0.25, 0.3) is 5.56 Å². The molecule has 0 aliphatic heterocycles. The first-order chi connectivity index (χ1) is 13.7. The van der Waals surface area contributed by atoms with Crippen molar-refractivity contribution in [3.63, 3.8) is 0 Å². The SMILES string of the molecule is O=c1[nH]c(-n2cccn2)nc2cc(Cl)c(Oc3cccc4ccccc34)cc12. The van der Waals surface area contributed by atoms with Crippen molar-refractivity contribution in [2.75, 3.05) is 0 Å². The van der Waals surface area contributed by atoms with Gasteiger partial charge in [-0.2, -0.15) is 5.10 Å². The number of aromatic amines is 1. The van der Waals surface area contributed by atoms with Crippen molar-refractivity contribution in [3.05, 3.63) is 88.4 Å². The van der Waals surface area contributed by atoms with E-state index in [1.165, 1.54) is 4.68 Å². The highest BCUT2D eigenvalue weighted by atomic mass is 35.5. The summed E-state index contributed by atoms with van der Waals surface area (Å²) in [6, 6.07) is 18.7.